The van der Waals surface area contributed by atoms with Gasteiger partial charge in [0.05, 0.1) is 76.0 Å². The molecule has 3 aromatic rings. The van der Waals surface area contributed by atoms with E-state index < -0.39 is 11.8 Å². The normalized spacial score (nSPS) is 20.4. The summed E-state index contributed by atoms with van der Waals surface area (Å²) in [5.74, 6) is 0.355. The molecule has 20 heteroatoms. The van der Waals surface area contributed by atoms with Crippen LogP contribution in [0.5, 0.6) is 34.5 Å². The van der Waals surface area contributed by atoms with E-state index in [0.717, 1.165) is 25.7 Å². The van der Waals surface area contributed by atoms with Crippen LogP contribution in [0.25, 0.3) is 0 Å². The van der Waals surface area contributed by atoms with Crippen LogP contribution in [0.15, 0.2) is 36.4 Å². The molecule has 2 aliphatic heterocycles. The third-order valence-electron chi connectivity index (χ3n) is 15.3. The van der Waals surface area contributed by atoms with Crippen LogP contribution in [0.3, 0.4) is 0 Å². The molecule has 74 heavy (non-hydrogen) atoms. The van der Waals surface area contributed by atoms with Crippen LogP contribution >= 0.6 is 0 Å². The van der Waals surface area contributed by atoms with Gasteiger partial charge in [0.15, 0.2) is 0 Å². The van der Waals surface area contributed by atoms with E-state index in [2.05, 4.69) is 21.3 Å². The van der Waals surface area contributed by atoms with Crippen molar-refractivity contribution in [2.75, 3.05) is 81.9 Å². The molecule has 7 rings (SSSR count). The van der Waals surface area contributed by atoms with Crippen molar-refractivity contribution in [1.82, 2.24) is 31.1 Å². The SMILES string of the molecule is COc1cc(OC)c(C(=O)NC2CCC(NC(=O)c3cc(C(=O)N4CCC(CN)CC4)c(OC)cc3OC)CC2)cc1C(=O)NC1CCC(NC(=O)c2cc(C(=O)N3CCC(CN)CC3)c(OC)cc2OC)CC1. The molecular weight excluding hydrogens is 953 g/mol. The van der Waals surface area contributed by atoms with Crippen LogP contribution in [0, 0.1) is 11.8 Å². The maximum absolute atomic E-state index is 13.9. The van der Waals surface area contributed by atoms with Crippen molar-refractivity contribution in [3.05, 3.63) is 69.8 Å². The summed E-state index contributed by atoms with van der Waals surface area (Å²) in [4.78, 5) is 86.3. The fraction of sp³-hybridized carbons (Fsp3) is 0.556. The highest BCUT2D eigenvalue weighted by molar-refractivity contribution is 6.05. The Kier molecular flexibility index (Phi) is 18.9. The van der Waals surface area contributed by atoms with Crippen molar-refractivity contribution >= 4 is 35.4 Å². The predicted molar refractivity (Wildman–Crippen MR) is 276 cm³/mol. The molecule has 402 valence electrons. The van der Waals surface area contributed by atoms with Gasteiger partial charge in [-0.05, 0) is 120 Å². The van der Waals surface area contributed by atoms with Crippen molar-refractivity contribution in [3.8, 4) is 34.5 Å². The number of hydrogen-bond acceptors (Lipinski definition) is 14. The van der Waals surface area contributed by atoms with Crippen LogP contribution in [0.1, 0.15) is 139 Å². The molecule has 0 atom stereocenters. The zero-order valence-electron chi connectivity index (χ0n) is 43.6. The first-order valence-electron chi connectivity index (χ1n) is 25.8. The zero-order valence-corrected chi connectivity index (χ0v) is 43.6. The van der Waals surface area contributed by atoms with Crippen LogP contribution in [0.2, 0.25) is 0 Å². The van der Waals surface area contributed by atoms with E-state index in [0.29, 0.717) is 114 Å². The highest BCUT2D eigenvalue weighted by Crippen LogP contribution is 2.35. The summed E-state index contributed by atoms with van der Waals surface area (Å²) in [6.45, 7) is 3.44. The number of nitrogens with one attached hydrogen (secondary N) is 4. The Balaban J connectivity index is 0.927. The summed E-state index contributed by atoms with van der Waals surface area (Å²) in [7, 11) is 8.75. The van der Waals surface area contributed by atoms with E-state index in [9.17, 15) is 28.8 Å². The first kappa shape index (κ1) is 55.0. The standard InChI is InChI=1S/C54H74N8O12/c1-69-43-26-44(70-2)38(50(64)58-34-9-13-36(14-10-34)60-52(66)40-25-42(48(74-6)28-46(40)72-4)54(68)62-21-17-32(30-56)18-22-62)23-37(43)49(63)57-33-7-11-35(12-8-33)59-51(65)39-24-41(47(73-5)27-45(39)71-3)53(67)61-19-15-31(29-55)16-20-61/h23-28,31-36H,7-22,29-30,55-56H2,1-6H3,(H,57,63)(H,58,64)(H,59,65)(H,60,66). The monoisotopic (exact) mass is 1030 g/mol. The first-order valence-corrected chi connectivity index (χ1v) is 25.8. The van der Waals surface area contributed by atoms with Crippen molar-refractivity contribution in [1.29, 1.82) is 0 Å². The van der Waals surface area contributed by atoms with Gasteiger partial charge in [-0.3, -0.25) is 28.8 Å². The van der Waals surface area contributed by atoms with Crippen LogP contribution in [0.4, 0.5) is 0 Å². The number of nitrogens with two attached hydrogens (primary N) is 2. The number of amides is 6. The van der Waals surface area contributed by atoms with Crippen LogP contribution in [-0.2, 0) is 0 Å². The van der Waals surface area contributed by atoms with Crippen LogP contribution < -0.4 is 61.2 Å². The summed E-state index contributed by atoms with van der Waals surface area (Å²) in [6.07, 6.45) is 7.81. The summed E-state index contributed by atoms with van der Waals surface area (Å²) in [5.41, 5.74) is 13.1. The number of methoxy groups -OCH3 is 6. The Labute approximate surface area is 433 Å². The molecule has 2 heterocycles. The molecular formula is C54H74N8O12. The highest BCUT2D eigenvalue weighted by Gasteiger charge is 2.33. The Morgan fingerprint density at radius 1 is 0.378 bits per heavy atom. The Morgan fingerprint density at radius 2 is 0.595 bits per heavy atom. The fourth-order valence-corrected chi connectivity index (χ4v) is 10.6. The van der Waals surface area contributed by atoms with E-state index in [-0.39, 0.29) is 104 Å². The third-order valence-corrected chi connectivity index (χ3v) is 15.3. The summed E-state index contributed by atoms with van der Waals surface area (Å²) < 4.78 is 33.5. The lowest BCUT2D eigenvalue weighted by molar-refractivity contribution is 0.0682. The predicted octanol–water partition coefficient (Wildman–Crippen LogP) is 4.30. The summed E-state index contributed by atoms with van der Waals surface area (Å²) in [6, 6.07) is 8.36. The lowest BCUT2D eigenvalue weighted by Crippen LogP contribution is -2.44. The second kappa shape index (κ2) is 25.4. The molecule has 0 radical (unpaired) electrons. The minimum Gasteiger partial charge on any atom is -0.496 e. The molecule has 4 fully saturated rings. The lowest BCUT2D eigenvalue weighted by Gasteiger charge is -2.32. The molecule has 0 spiro atoms. The maximum Gasteiger partial charge on any atom is 0.257 e. The van der Waals surface area contributed by atoms with E-state index >= 15 is 0 Å². The maximum atomic E-state index is 13.9. The molecule has 0 bridgehead atoms. The molecule has 8 N–H and O–H groups in total. The number of hydrogen-bond donors (Lipinski definition) is 6. The van der Waals surface area contributed by atoms with E-state index in [4.69, 9.17) is 39.9 Å². The van der Waals surface area contributed by atoms with E-state index in [1.165, 1.54) is 66.9 Å². The molecule has 6 amide bonds. The largest absolute Gasteiger partial charge is 0.496 e. The minimum absolute atomic E-state index is 0.163. The number of piperidine rings is 2. The molecule has 0 aromatic heterocycles. The van der Waals surface area contributed by atoms with Gasteiger partial charge in [-0.25, -0.2) is 0 Å². The number of ether oxygens (including phenoxy) is 6. The van der Waals surface area contributed by atoms with Gasteiger partial charge in [-0.15, -0.1) is 0 Å². The van der Waals surface area contributed by atoms with Gasteiger partial charge in [0.2, 0.25) is 0 Å². The van der Waals surface area contributed by atoms with Gasteiger partial charge in [0, 0.05) is 68.5 Å². The molecule has 2 aliphatic carbocycles. The van der Waals surface area contributed by atoms with Crippen molar-refractivity contribution in [2.45, 2.75) is 101 Å². The Bertz CT molecular complexity index is 2340. The highest BCUT2D eigenvalue weighted by atomic mass is 16.5. The van der Waals surface area contributed by atoms with Crippen LogP contribution in [-0.4, -0.2) is 151 Å². The van der Waals surface area contributed by atoms with Crippen molar-refractivity contribution in [3.63, 3.8) is 0 Å². The number of benzene rings is 3. The van der Waals surface area contributed by atoms with Crippen molar-refractivity contribution in [2.24, 2.45) is 23.3 Å². The van der Waals surface area contributed by atoms with Crippen molar-refractivity contribution < 1.29 is 57.2 Å². The topological polar surface area (TPSA) is 264 Å². The van der Waals surface area contributed by atoms with Gasteiger partial charge >= 0.3 is 0 Å². The third kappa shape index (κ3) is 12.7. The van der Waals surface area contributed by atoms with Gasteiger partial charge in [0.1, 0.15) is 34.5 Å². The molecule has 2 saturated heterocycles. The zero-order chi connectivity index (χ0) is 53.1. The molecule has 0 unspecified atom stereocenters. The number of rotatable bonds is 18. The second-order valence-electron chi connectivity index (χ2n) is 19.7. The smallest absolute Gasteiger partial charge is 0.257 e. The van der Waals surface area contributed by atoms with Gasteiger partial charge < -0.3 is 71.0 Å². The van der Waals surface area contributed by atoms with Gasteiger partial charge in [-0.1, -0.05) is 0 Å². The molecule has 3 aromatic carbocycles. The number of likely N-dealkylation sites (tertiary alicyclic amines) is 2. The summed E-state index contributed by atoms with van der Waals surface area (Å²) in [5, 5.41) is 12.4. The first-order chi connectivity index (χ1) is 35.8. The Hall–Kier alpha value is -6.80. The van der Waals surface area contributed by atoms with E-state index in [1.807, 2.05) is 0 Å². The van der Waals surface area contributed by atoms with E-state index in [1.54, 1.807) is 21.9 Å². The quantitative estimate of drug-likeness (QED) is 0.104. The fourth-order valence-electron chi connectivity index (χ4n) is 10.6. The Morgan fingerprint density at radius 3 is 0.811 bits per heavy atom. The molecule has 2 saturated carbocycles. The average Bonchev–Trinajstić information content (AvgIpc) is 3.44. The lowest BCUT2D eigenvalue weighted by atomic mass is 9.90. The number of nitrogens with zero attached hydrogens (tertiary/aromatic N) is 2. The second-order valence-corrected chi connectivity index (χ2v) is 19.7. The van der Waals surface area contributed by atoms with Gasteiger partial charge in [-0.2, -0.15) is 0 Å². The van der Waals surface area contributed by atoms with Gasteiger partial charge in [0.25, 0.3) is 35.4 Å². The molecule has 4 aliphatic rings. The minimum atomic E-state index is -0.424. The summed E-state index contributed by atoms with van der Waals surface area (Å²) >= 11 is 0. The average molecular weight is 1030 g/mol. The molecule has 20 nitrogen and oxygen atoms in total. The number of carbonyl (C=O) groups is 6. The number of carbonyl (C=O) groups excluding carboxylic acids is 6.